The number of nitrogens with one attached hydrogen (secondary N) is 1. The van der Waals surface area contributed by atoms with Crippen LogP contribution in [-0.4, -0.2) is 20.9 Å². The van der Waals surface area contributed by atoms with Gasteiger partial charge in [-0.1, -0.05) is 17.3 Å². The Kier molecular flexibility index (Phi) is 4.23. The van der Waals surface area contributed by atoms with E-state index in [1.54, 1.807) is 22.2 Å². The Hall–Kier alpha value is -2.67. The minimum Gasteiger partial charge on any atom is -0.399 e. The average Bonchev–Trinajstić information content (AvgIpc) is 3.27. The van der Waals surface area contributed by atoms with Crippen molar-refractivity contribution in [3.8, 4) is 0 Å². The van der Waals surface area contributed by atoms with E-state index in [1.807, 2.05) is 35.7 Å². The van der Waals surface area contributed by atoms with Gasteiger partial charge in [-0.05, 0) is 54.0 Å². The minimum atomic E-state index is -0.188. The highest BCUT2D eigenvalue weighted by Crippen LogP contribution is 2.31. The molecule has 25 heavy (non-hydrogen) atoms. The van der Waals surface area contributed by atoms with Crippen molar-refractivity contribution in [3.63, 3.8) is 0 Å². The molecular formula is C18H19N5OS. The van der Waals surface area contributed by atoms with Crippen molar-refractivity contribution in [3.05, 3.63) is 63.6 Å². The van der Waals surface area contributed by atoms with Crippen molar-refractivity contribution in [2.45, 2.75) is 31.8 Å². The number of aromatic nitrogens is 3. The van der Waals surface area contributed by atoms with Gasteiger partial charge in [0.1, 0.15) is 0 Å². The number of nitrogens with two attached hydrogens (primary N) is 1. The van der Waals surface area contributed by atoms with Crippen molar-refractivity contribution >= 4 is 22.9 Å². The first-order valence-corrected chi connectivity index (χ1v) is 9.19. The molecular weight excluding hydrogens is 334 g/mol. The Morgan fingerprint density at radius 3 is 3.16 bits per heavy atom. The highest BCUT2D eigenvalue weighted by molar-refractivity contribution is 7.09. The van der Waals surface area contributed by atoms with Gasteiger partial charge in [0.15, 0.2) is 5.69 Å². The van der Waals surface area contributed by atoms with Gasteiger partial charge in [-0.2, -0.15) is 0 Å². The molecule has 3 N–H and O–H groups in total. The first-order valence-electron chi connectivity index (χ1n) is 8.31. The molecule has 4 rings (SSSR count). The predicted molar refractivity (Wildman–Crippen MR) is 97.4 cm³/mol. The van der Waals surface area contributed by atoms with Gasteiger partial charge in [0, 0.05) is 10.6 Å². The number of rotatable bonds is 4. The Bertz CT molecular complexity index is 887. The lowest BCUT2D eigenvalue weighted by Crippen LogP contribution is -2.31. The van der Waals surface area contributed by atoms with E-state index < -0.39 is 0 Å². The maximum Gasteiger partial charge on any atom is 0.273 e. The molecule has 0 saturated carbocycles. The zero-order valence-electron chi connectivity index (χ0n) is 13.7. The SMILES string of the molecule is Nc1ccc2c(c1)CCCC2NC(=O)c1cn(Cc2cccs2)nn1. The summed E-state index contributed by atoms with van der Waals surface area (Å²) in [6.45, 7) is 0.628. The summed E-state index contributed by atoms with van der Waals surface area (Å²) in [7, 11) is 0. The van der Waals surface area contributed by atoms with E-state index in [1.165, 1.54) is 10.4 Å². The third-order valence-corrected chi connectivity index (χ3v) is 5.32. The zero-order valence-corrected chi connectivity index (χ0v) is 14.5. The summed E-state index contributed by atoms with van der Waals surface area (Å²) in [5, 5.41) is 13.2. The quantitative estimate of drug-likeness (QED) is 0.706. The topological polar surface area (TPSA) is 85.8 Å². The van der Waals surface area contributed by atoms with Crippen molar-refractivity contribution in [2.24, 2.45) is 0 Å². The van der Waals surface area contributed by atoms with Gasteiger partial charge in [-0.15, -0.1) is 16.4 Å². The molecule has 2 aromatic heterocycles. The summed E-state index contributed by atoms with van der Waals surface area (Å²) in [4.78, 5) is 13.7. The van der Waals surface area contributed by atoms with Gasteiger partial charge in [0.2, 0.25) is 0 Å². The Morgan fingerprint density at radius 2 is 2.32 bits per heavy atom. The smallest absolute Gasteiger partial charge is 0.273 e. The van der Waals surface area contributed by atoms with Crippen LogP contribution in [0.1, 0.15) is 45.4 Å². The normalized spacial score (nSPS) is 16.4. The number of amides is 1. The second-order valence-electron chi connectivity index (χ2n) is 6.26. The van der Waals surface area contributed by atoms with Crippen molar-refractivity contribution < 1.29 is 4.79 Å². The van der Waals surface area contributed by atoms with Crippen molar-refractivity contribution in [1.82, 2.24) is 20.3 Å². The number of carbonyl (C=O) groups excluding carboxylic acids is 1. The lowest BCUT2D eigenvalue weighted by atomic mass is 9.87. The van der Waals surface area contributed by atoms with Gasteiger partial charge in [-0.25, -0.2) is 4.68 Å². The molecule has 0 radical (unpaired) electrons. The van der Waals surface area contributed by atoms with Crippen LogP contribution in [0.25, 0.3) is 0 Å². The molecule has 0 spiro atoms. The van der Waals surface area contributed by atoms with Gasteiger partial charge in [-0.3, -0.25) is 4.79 Å². The molecule has 0 fully saturated rings. The van der Waals surface area contributed by atoms with Gasteiger partial charge in [0.25, 0.3) is 5.91 Å². The zero-order chi connectivity index (χ0) is 17.2. The number of nitrogens with zero attached hydrogens (tertiary/aromatic N) is 3. The van der Waals surface area contributed by atoms with E-state index >= 15 is 0 Å². The number of anilines is 1. The van der Waals surface area contributed by atoms with E-state index in [4.69, 9.17) is 5.73 Å². The number of benzene rings is 1. The van der Waals surface area contributed by atoms with Crippen molar-refractivity contribution in [1.29, 1.82) is 0 Å². The highest BCUT2D eigenvalue weighted by atomic mass is 32.1. The Balaban J connectivity index is 1.47. The van der Waals surface area contributed by atoms with Crippen LogP contribution in [0.15, 0.2) is 41.9 Å². The highest BCUT2D eigenvalue weighted by Gasteiger charge is 2.23. The van der Waals surface area contributed by atoms with Crippen LogP contribution in [0.2, 0.25) is 0 Å². The van der Waals surface area contributed by atoms with Crippen LogP contribution in [0.3, 0.4) is 0 Å². The maximum atomic E-state index is 12.6. The monoisotopic (exact) mass is 353 g/mol. The minimum absolute atomic E-state index is 0.000652. The largest absolute Gasteiger partial charge is 0.399 e. The van der Waals surface area contributed by atoms with E-state index in [2.05, 4.69) is 15.6 Å². The standard InChI is InChI=1S/C18H19N5OS/c19-13-6-7-15-12(9-13)3-1-5-16(15)20-18(24)17-11-23(22-21-17)10-14-4-2-8-25-14/h2,4,6-9,11,16H,1,3,5,10,19H2,(H,20,24). The summed E-state index contributed by atoms with van der Waals surface area (Å²) in [5.74, 6) is -0.188. The van der Waals surface area contributed by atoms with Crippen LogP contribution in [0, 0.1) is 0 Å². The van der Waals surface area contributed by atoms with Crippen LogP contribution in [-0.2, 0) is 13.0 Å². The second-order valence-corrected chi connectivity index (χ2v) is 7.29. The molecule has 0 bridgehead atoms. The fourth-order valence-corrected chi connectivity index (χ4v) is 3.95. The second kappa shape index (κ2) is 6.68. The molecule has 1 amide bonds. The molecule has 1 unspecified atom stereocenters. The van der Waals surface area contributed by atoms with E-state index in [0.29, 0.717) is 12.2 Å². The lowest BCUT2D eigenvalue weighted by Gasteiger charge is -2.26. The number of carbonyl (C=O) groups is 1. The summed E-state index contributed by atoms with van der Waals surface area (Å²) < 4.78 is 1.69. The van der Waals surface area contributed by atoms with Gasteiger partial charge < -0.3 is 11.1 Å². The predicted octanol–water partition coefficient (Wildman–Crippen LogP) is 2.78. The summed E-state index contributed by atoms with van der Waals surface area (Å²) in [6, 6.07) is 9.95. The van der Waals surface area contributed by atoms with Crippen LogP contribution >= 0.6 is 11.3 Å². The molecule has 1 atom stereocenters. The number of hydrogen-bond donors (Lipinski definition) is 2. The molecule has 1 aromatic carbocycles. The number of nitrogen functional groups attached to an aromatic ring is 1. The van der Waals surface area contributed by atoms with Gasteiger partial charge >= 0.3 is 0 Å². The first-order chi connectivity index (χ1) is 12.2. The first kappa shape index (κ1) is 15.8. The van der Waals surface area contributed by atoms with E-state index in [0.717, 1.165) is 30.5 Å². The Labute approximate surface area is 149 Å². The fourth-order valence-electron chi connectivity index (χ4n) is 3.26. The molecule has 0 saturated heterocycles. The number of hydrogen-bond acceptors (Lipinski definition) is 5. The fraction of sp³-hybridized carbons (Fsp3) is 0.278. The number of thiophene rings is 1. The summed E-state index contributed by atoms with van der Waals surface area (Å²) in [6.07, 6.45) is 4.66. The molecule has 0 aliphatic heterocycles. The maximum absolute atomic E-state index is 12.6. The van der Waals surface area contributed by atoms with E-state index in [-0.39, 0.29) is 11.9 Å². The molecule has 2 heterocycles. The molecule has 7 heteroatoms. The number of aryl methyl sites for hydroxylation is 1. The summed E-state index contributed by atoms with van der Waals surface area (Å²) >= 11 is 1.66. The molecule has 1 aliphatic carbocycles. The van der Waals surface area contributed by atoms with Crippen LogP contribution < -0.4 is 11.1 Å². The third-order valence-electron chi connectivity index (χ3n) is 4.46. The Morgan fingerprint density at radius 1 is 1.40 bits per heavy atom. The van der Waals surface area contributed by atoms with Crippen LogP contribution in [0.5, 0.6) is 0 Å². The molecule has 1 aliphatic rings. The van der Waals surface area contributed by atoms with E-state index in [9.17, 15) is 4.79 Å². The lowest BCUT2D eigenvalue weighted by molar-refractivity contribution is 0.0927. The summed E-state index contributed by atoms with van der Waals surface area (Å²) in [5.41, 5.74) is 9.36. The molecule has 128 valence electrons. The number of fused-ring (bicyclic) bond motifs is 1. The molecule has 6 nitrogen and oxygen atoms in total. The molecule has 3 aromatic rings. The van der Waals surface area contributed by atoms with Crippen LogP contribution in [0.4, 0.5) is 5.69 Å². The van der Waals surface area contributed by atoms with Crippen molar-refractivity contribution in [2.75, 3.05) is 5.73 Å². The average molecular weight is 353 g/mol. The van der Waals surface area contributed by atoms with Gasteiger partial charge in [0.05, 0.1) is 18.8 Å². The third kappa shape index (κ3) is 3.41.